The molecular formula is C21H41NO3. The van der Waals surface area contributed by atoms with Gasteiger partial charge in [-0.05, 0) is 38.3 Å². The molecule has 0 aromatic rings. The summed E-state index contributed by atoms with van der Waals surface area (Å²) < 4.78 is 5.60. The minimum Gasteiger partial charge on any atom is -0.464 e. The average molecular weight is 356 g/mol. The highest BCUT2D eigenvalue weighted by atomic mass is 16.5. The molecule has 0 aromatic heterocycles. The molecule has 1 aliphatic carbocycles. The zero-order valence-electron chi connectivity index (χ0n) is 16.8. The van der Waals surface area contributed by atoms with Gasteiger partial charge in [0.1, 0.15) is 6.61 Å². The Kier molecular flexibility index (Phi) is 12.2. The van der Waals surface area contributed by atoms with Crippen molar-refractivity contribution in [2.75, 3.05) is 26.2 Å². The maximum atomic E-state index is 12.7. The van der Waals surface area contributed by atoms with Crippen LogP contribution in [0.3, 0.4) is 0 Å². The Hall–Kier alpha value is -0.610. The number of nitrogens with zero attached hydrogens (tertiary/aromatic N) is 1. The number of aliphatic hydroxyl groups excluding tert-OH is 1. The summed E-state index contributed by atoms with van der Waals surface area (Å²) in [7, 11) is 0. The molecule has 2 atom stereocenters. The van der Waals surface area contributed by atoms with Crippen LogP contribution in [0.5, 0.6) is 0 Å². The van der Waals surface area contributed by atoms with Gasteiger partial charge in [-0.3, -0.25) is 4.79 Å². The smallest absolute Gasteiger partial charge is 0.311 e. The molecule has 0 bridgehead atoms. The van der Waals surface area contributed by atoms with Crippen LogP contribution >= 0.6 is 0 Å². The number of esters is 1. The molecule has 148 valence electrons. The number of carbonyl (C=O) groups excluding carboxylic acids is 1. The third kappa shape index (κ3) is 8.54. The molecule has 2 unspecified atom stereocenters. The van der Waals surface area contributed by atoms with E-state index in [1.54, 1.807) is 0 Å². The number of likely N-dealkylation sites (N-methyl/N-ethyl adjacent to an activating group) is 1. The third-order valence-electron chi connectivity index (χ3n) is 5.74. The Bertz CT molecular complexity index is 338. The van der Waals surface area contributed by atoms with Crippen LogP contribution in [0.1, 0.15) is 85.0 Å². The summed E-state index contributed by atoms with van der Waals surface area (Å²) in [5.74, 6) is -0.184. The van der Waals surface area contributed by atoms with Crippen LogP contribution in [0.25, 0.3) is 0 Å². The van der Waals surface area contributed by atoms with Gasteiger partial charge in [0.15, 0.2) is 0 Å². The maximum Gasteiger partial charge on any atom is 0.311 e. The van der Waals surface area contributed by atoms with Gasteiger partial charge < -0.3 is 14.7 Å². The lowest BCUT2D eigenvalue weighted by atomic mass is 9.76. The summed E-state index contributed by atoms with van der Waals surface area (Å²) in [5.41, 5.74) is 0. The molecule has 25 heavy (non-hydrogen) atoms. The predicted molar refractivity (Wildman–Crippen MR) is 104 cm³/mol. The minimum absolute atomic E-state index is 0.165. The van der Waals surface area contributed by atoms with Crippen molar-refractivity contribution in [2.24, 2.45) is 11.8 Å². The van der Waals surface area contributed by atoms with Crippen LogP contribution in [0.2, 0.25) is 0 Å². The fraction of sp³-hybridized carbons (Fsp3) is 0.952. The quantitative estimate of drug-likeness (QED) is 0.393. The van der Waals surface area contributed by atoms with Gasteiger partial charge in [0.25, 0.3) is 0 Å². The van der Waals surface area contributed by atoms with E-state index in [0.717, 1.165) is 51.7 Å². The van der Waals surface area contributed by atoms with E-state index in [9.17, 15) is 9.90 Å². The van der Waals surface area contributed by atoms with Gasteiger partial charge >= 0.3 is 5.97 Å². The summed E-state index contributed by atoms with van der Waals surface area (Å²) in [6.07, 6.45) is 10.5. The van der Waals surface area contributed by atoms with Gasteiger partial charge in [0.05, 0.1) is 12.0 Å². The van der Waals surface area contributed by atoms with Gasteiger partial charge in [-0.25, -0.2) is 0 Å². The molecule has 0 radical (unpaired) electrons. The molecule has 0 amide bonds. The van der Waals surface area contributed by atoms with Gasteiger partial charge in [0, 0.05) is 6.54 Å². The molecule has 0 aromatic carbocycles. The third-order valence-corrected chi connectivity index (χ3v) is 5.74. The van der Waals surface area contributed by atoms with Crippen molar-refractivity contribution in [1.29, 1.82) is 0 Å². The van der Waals surface area contributed by atoms with E-state index in [1.165, 1.54) is 32.1 Å². The first-order chi connectivity index (χ1) is 12.1. The molecule has 4 nitrogen and oxygen atoms in total. The standard InChI is InChI=1S/C21H41NO3/c1-4-7-8-12-15-19(23)20(18-13-10-9-11-14-18)21(24)25-17-16-22(5-2)6-3/h18-20,23H,4-17H2,1-3H3. The summed E-state index contributed by atoms with van der Waals surface area (Å²) in [6.45, 7) is 9.59. The van der Waals surface area contributed by atoms with Gasteiger partial charge in [0.2, 0.25) is 0 Å². The van der Waals surface area contributed by atoms with Crippen LogP contribution in [-0.2, 0) is 9.53 Å². The van der Waals surface area contributed by atoms with Crippen LogP contribution in [0.15, 0.2) is 0 Å². The fourth-order valence-corrected chi connectivity index (χ4v) is 4.03. The van der Waals surface area contributed by atoms with E-state index >= 15 is 0 Å². The number of carbonyl (C=O) groups is 1. The van der Waals surface area contributed by atoms with Gasteiger partial charge in [-0.2, -0.15) is 0 Å². The number of hydrogen-bond donors (Lipinski definition) is 1. The first-order valence-corrected chi connectivity index (χ1v) is 10.7. The molecule has 0 aliphatic heterocycles. The minimum atomic E-state index is -0.541. The average Bonchev–Trinajstić information content (AvgIpc) is 2.63. The van der Waals surface area contributed by atoms with Crippen LogP contribution in [-0.4, -0.2) is 48.3 Å². The van der Waals surface area contributed by atoms with Crippen LogP contribution in [0.4, 0.5) is 0 Å². The number of ether oxygens (including phenoxy) is 1. The molecule has 1 aliphatic rings. The Morgan fingerprint density at radius 3 is 2.36 bits per heavy atom. The van der Waals surface area contributed by atoms with E-state index in [-0.39, 0.29) is 11.9 Å². The van der Waals surface area contributed by atoms with Crippen LogP contribution < -0.4 is 0 Å². The first-order valence-electron chi connectivity index (χ1n) is 10.7. The number of hydrogen-bond acceptors (Lipinski definition) is 4. The summed E-state index contributed by atoms with van der Waals surface area (Å²) in [4.78, 5) is 15.0. The second-order valence-electron chi connectivity index (χ2n) is 7.53. The molecule has 0 heterocycles. The van der Waals surface area contributed by atoms with Crippen molar-refractivity contribution in [3.63, 3.8) is 0 Å². The Morgan fingerprint density at radius 1 is 1.08 bits per heavy atom. The Labute approximate surface area is 155 Å². The van der Waals surface area contributed by atoms with Gasteiger partial charge in [-0.1, -0.05) is 65.7 Å². The maximum absolute atomic E-state index is 12.7. The van der Waals surface area contributed by atoms with E-state index < -0.39 is 6.10 Å². The van der Waals surface area contributed by atoms with Gasteiger partial charge in [-0.15, -0.1) is 0 Å². The number of unbranched alkanes of at least 4 members (excludes halogenated alkanes) is 3. The predicted octanol–water partition coefficient (Wildman–Crippen LogP) is 4.40. The normalized spacial score (nSPS) is 18.3. The second-order valence-corrected chi connectivity index (χ2v) is 7.53. The van der Waals surface area contributed by atoms with Crippen molar-refractivity contribution >= 4 is 5.97 Å². The highest BCUT2D eigenvalue weighted by Crippen LogP contribution is 2.34. The molecule has 1 saturated carbocycles. The highest BCUT2D eigenvalue weighted by molar-refractivity contribution is 5.73. The van der Waals surface area contributed by atoms with E-state index in [4.69, 9.17) is 4.74 Å². The summed E-state index contributed by atoms with van der Waals surface area (Å²) >= 11 is 0. The van der Waals surface area contributed by atoms with Crippen molar-refractivity contribution < 1.29 is 14.6 Å². The summed E-state index contributed by atoms with van der Waals surface area (Å²) in [6, 6.07) is 0. The molecule has 0 spiro atoms. The lowest BCUT2D eigenvalue weighted by molar-refractivity contribution is -0.157. The molecule has 1 fully saturated rings. The molecule has 4 heteroatoms. The van der Waals surface area contributed by atoms with Crippen LogP contribution in [0, 0.1) is 11.8 Å². The monoisotopic (exact) mass is 355 g/mol. The number of aliphatic hydroxyl groups is 1. The Balaban J connectivity index is 2.54. The molecular weight excluding hydrogens is 314 g/mol. The topological polar surface area (TPSA) is 49.8 Å². The Morgan fingerprint density at radius 2 is 1.76 bits per heavy atom. The van der Waals surface area contributed by atoms with Crippen molar-refractivity contribution in [3.8, 4) is 0 Å². The van der Waals surface area contributed by atoms with E-state index in [1.807, 2.05) is 0 Å². The van der Waals surface area contributed by atoms with Crippen molar-refractivity contribution in [3.05, 3.63) is 0 Å². The lowest BCUT2D eigenvalue weighted by Gasteiger charge is -2.32. The molecule has 0 saturated heterocycles. The van der Waals surface area contributed by atoms with E-state index in [0.29, 0.717) is 12.5 Å². The largest absolute Gasteiger partial charge is 0.464 e. The zero-order chi connectivity index (χ0) is 18.5. The van der Waals surface area contributed by atoms with E-state index in [2.05, 4.69) is 25.7 Å². The molecule has 1 N–H and O–H groups in total. The summed E-state index contributed by atoms with van der Waals surface area (Å²) in [5, 5.41) is 10.7. The SMILES string of the molecule is CCCCCCC(O)C(C(=O)OCCN(CC)CC)C1CCCCC1. The fourth-order valence-electron chi connectivity index (χ4n) is 4.03. The number of rotatable bonds is 13. The zero-order valence-corrected chi connectivity index (χ0v) is 16.8. The second kappa shape index (κ2) is 13.6. The lowest BCUT2D eigenvalue weighted by Crippen LogP contribution is -2.38. The highest BCUT2D eigenvalue weighted by Gasteiger charge is 2.36. The first kappa shape index (κ1) is 22.4. The van der Waals surface area contributed by atoms with Crippen molar-refractivity contribution in [2.45, 2.75) is 91.1 Å². The van der Waals surface area contributed by atoms with Crippen molar-refractivity contribution in [1.82, 2.24) is 4.90 Å². The molecule has 1 rings (SSSR count).